The van der Waals surface area contributed by atoms with Gasteiger partial charge in [-0.15, -0.1) is 0 Å². The van der Waals surface area contributed by atoms with Gasteiger partial charge in [-0.05, 0) is 73.4 Å². The van der Waals surface area contributed by atoms with Crippen molar-refractivity contribution in [2.24, 2.45) is 17.8 Å². The van der Waals surface area contributed by atoms with E-state index in [1.165, 1.54) is 0 Å². The Balaban J connectivity index is 1.28. The average molecular weight is 427 g/mol. The van der Waals surface area contributed by atoms with Crippen molar-refractivity contribution in [3.05, 3.63) is 59.2 Å². The van der Waals surface area contributed by atoms with E-state index in [2.05, 4.69) is 22.5 Å². The minimum Gasteiger partial charge on any atom is -0.349 e. The number of nitrogens with one attached hydrogen (secondary N) is 2. The van der Waals surface area contributed by atoms with Gasteiger partial charge >= 0.3 is 6.03 Å². The molecule has 2 aromatic rings. The van der Waals surface area contributed by atoms with Crippen molar-refractivity contribution in [3.63, 3.8) is 0 Å². The van der Waals surface area contributed by atoms with E-state index in [1.54, 1.807) is 42.4 Å². The van der Waals surface area contributed by atoms with Crippen molar-refractivity contribution >= 4 is 29.4 Å². The Hall–Kier alpha value is -2.60. The molecule has 3 amide bonds. The summed E-state index contributed by atoms with van der Waals surface area (Å²) >= 11 is 5.91. The van der Waals surface area contributed by atoms with Gasteiger partial charge in [0, 0.05) is 35.9 Å². The predicted octanol–water partition coefficient (Wildman–Crippen LogP) is 4.11. The van der Waals surface area contributed by atoms with Gasteiger partial charge in [0.2, 0.25) is 0 Å². The van der Waals surface area contributed by atoms with Crippen LogP contribution in [0.2, 0.25) is 5.02 Å². The normalized spacial score (nSPS) is 25.2. The molecule has 4 rings (SSSR count). The summed E-state index contributed by atoms with van der Waals surface area (Å²) in [4.78, 5) is 30.9. The molecule has 1 aromatic heterocycles. The summed E-state index contributed by atoms with van der Waals surface area (Å²) in [6, 6.07) is 12.7. The number of carbonyl (C=O) groups excluding carboxylic acids is 2. The van der Waals surface area contributed by atoms with Gasteiger partial charge in [-0.1, -0.05) is 24.6 Å². The second-order valence-corrected chi connectivity index (χ2v) is 8.70. The molecule has 3 unspecified atom stereocenters. The zero-order valence-corrected chi connectivity index (χ0v) is 18.0. The van der Waals surface area contributed by atoms with Gasteiger partial charge in [0.1, 0.15) is 5.82 Å². The molecule has 2 fully saturated rings. The van der Waals surface area contributed by atoms with Crippen LogP contribution in [0.4, 0.5) is 10.6 Å². The van der Waals surface area contributed by atoms with E-state index >= 15 is 0 Å². The number of urea groups is 1. The van der Waals surface area contributed by atoms with Crippen molar-refractivity contribution in [1.29, 1.82) is 0 Å². The van der Waals surface area contributed by atoms with Crippen LogP contribution in [0.5, 0.6) is 0 Å². The fourth-order valence-electron chi connectivity index (χ4n) is 4.86. The summed E-state index contributed by atoms with van der Waals surface area (Å²) in [6.45, 7) is 2.11. The second kappa shape index (κ2) is 8.64. The maximum Gasteiger partial charge on any atom is 0.323 e. The van der Waals surface area contributed by atoms with E-state index in [0.717, 1.165) is 19.3 Å². The maximum atomic E-state index is 12.6. The number of hydrogen-bond donors (Lipinski definition) is 2. The molecule has 0 bridgehead atoms. The molecule has 1 aromatic carbocycles. The highest BCUT2D eigenvalue weighted by Crippen LogP contribution is 2.59. The smallest absolute Gasteiger partial charge is 0.323 e. The molecule has 2 N–H and O–H groups in total. The van der Waals surface area contributed by atoms with Crippen molar-refractivity contribution in [2.75, 3.05) is 11.9 Å². The summed E-state index contributed by atoms with van der Waals surface area (Å²) in [5, 5.41) is 6.96. The quantitative estimate of drug-likeness (QED) is 0.729. The Bertz CT molecular complexity index is 893. The van der Waals surface area contributed by atoms with Gasteiger partial charge in [-0.2, -0.15) is 0 Å². The van der Waals surface area contributed by atoms with Crippen LogP contribution in [0.25, 0.3) is 0 Å². The van der Waals surface area contributed by atoms with Crippen molar-refractivity contribution < 1.29 is 9.59 Å². The third kappa shape index (κ3) is 4.29. The highest BCUT2D eigenvalue weighted by Gasteiger charge is 2.58. The molecule has 158 valence electrons. The first-order valence-corrected chi connectivity index (χ1v) is 10.9. The highest BCUT2D eigenvalue weighted by atomic mass is 35.5. The number of halogens is 1. The molecule has 2 aliphatic rings. The Morgan fingerprint density at radius 1 is 1.17 bits per heavy atom. The van der Waals surface area contributed by atoms with Crippen LogP contribution in [-0.2, 0) is 0 Å². The van der Waals surface area contributed by atoms with E-state index in [-0.39, 0.29) is 24.0 Å². The molecule has 0 spiro atoms. The Kier molecular flexibility index (Phi) is 5.95. The number of amides is 3. The molecule has 2 saturated carbocycles. The van der Waals surface area contributed by atoms with Crippen molar-refractivity contribution in [2.45, 2.75) is 38.3 Å². The lowest BCUT2D eigenvalue weighted by molar-refractivity contribution is 0.0927. The molecule has 3 atom stereocenters. The molecule has 0 radical (unpaired) electrons. The van der Waals surface area contributed by atoms with Crippen molar-refractivity contribution in [3.8, 4) is 0 Å². The van der Waals surface area contributed by atoms with Crippen LogP contribution in [0.3, 0.4) is 0 Å². The largest absolute Gasteiger partial charge is 0.349 e. The Labute approximate surface area is 182 Å². The number of anilines is 1. The number of fused-ring (bicyclic) bond motifs is 1. The lowest BCUT2D eigenvalue weighted by Crippen LogP contribution is -2.44. The SMILES string of the molecule is CCC(NC(=O)c1ccc(Cl)cc1)C1C2CC(NC(=O)N(C)c3ccccn3)CC21. The van der Waals surface area contributed by atoms with Gasteiger partial charge in [-0.3, -0.25) is 9.69 Å². The molecule has 2 aliphatic carbocycles. The molecule has 30 heavy (non-hydrogen) atoms. The Morgan fingerprint density at radius 3 is 2.47 bits per heavy atom. The Morgan fingerprint density at radius 2 is 1.87 bits per heavy atom. The van der Waals surface area contributed by atoms with Crippen LogP contribution in [0.15, 0.2) is 48.7 Å². The van der Waals surface area contributed by atoms with Crippen LogP contribution in [-0.4, -0.2) is 36.1 Å². The van der Waals surface area contributed by atoms with Crippen LogP contribution in [0.1, 0.15) is 36.5 Å². The van der Waals surface area contributed by atoms with Crippen molar-refractivity contribution in [1.82, 2.24) is 15.6 Å². The lowest BCUT2D eigenvalue weighted by atomic mass is 9.99. The van der Waals surface area contributed by atoms with Crippen LogP contribution < -0.4 is 15.5 Å². The van der Waals surface area contributed by atoms with Gasteiger partial charge in [0.25, 0.3) is 5.91 Å². The fourth-order valence-corrected chi connectivity index (χ4v) is 4.98. The van der Waals surface area contributed by atoms with E-state index in [9.17, 15) is 9.59 Å². The summed E-state index contributed by atoms with van der Waals surface area (Å²) in [7, 11) is 1.73. The van der Waals surface area contributed by atoms with E-state index in [4.69, 9.17) is 11.6 Å². The molecule has 0 aliphatic heterocycles. The third-order valence-electron chi connectivity index (χ3n) is 6.46. The number of carbonyl (C=O) groups is 2. The maximum absolute atomic E-state index is 12.6. The monoisotopic (exact) mass is 426 g/mol. The predicted molar refractivity (Wildman–Crippen MR) is 118 cm³/mol. The molecule has 6 nitrogen and oxygen atoms in total. The summed E-state index contributed by atoms with van der Waals surface area (Å²) < 4.78 is 0. The van der Waals surface area contributed by atoms with Crippen LogP contribution in [0, 0.1) is 17.8 Å². The van der Waals surface area contributed by atoms with Gasteiger partial charge in [0.05, 0.1) is 0 Å². The van der Waals surface area contributed by atoms with E-state index in [0.29, 0.717) is 34.2 Å². The van der Waals surface area contributed by atoms with Gasteiger partial charge in [0.15, 0.2) is 0 Å². The molecule has 0 saturated heterocycles. The van der Waals surface area contributed by atoms with E-state index in [1.807, 2.05) is 18.2 Å². The number of rotatable bonds is 6. The van der Waals surface area contributed by atoms with Gasteiger partial charge in [-0.25, -0.2) is 9.78 Å². The number of benzene rings is 1. The first-order valence-electron chi connectivity index (χ1n) is 10.5. The highest BCUT2D eigenvalue weighted by molar-refractivity contribution is 6.30. The van der Waals surface area contributed by atoms with Gasteiger partial charge < -0.3 is 10.6 Å². The summed E-state index contributed by atoms with van der Waals surface area (Å²) in [5.41, 5.74) is 0.631. The second-order valence-electron chi connectivity index (χ2n) is 8.26. The number of hydrogen-bond acceptors (Lipinski definition) is 3. The van der Waals surface area contributed by atoms with Crippen LogP contribution >= 0.6 is 11.6 Å². The fraction of sp³-hybridized carbons (Fsp3) is 0.435. The summed E-state index contributed by atoms with van der Waals surface area (Å²) in [5.74, 6) is 2.20. The topological polar surface area (TPSA) is 74.3 Å². The minimum atomic E-state index is -0.125. The molecular weight excluding hydrogens is 400 g/mol. The zero-order valence-electron chi connectivity index (χ0n) is 17.2. The number of aromatic nitrogens is 1. The number of nitrogens with zero attached hydrogens (tertiary/aromatic N) is 2. The standard InChI is InChI=1S/C23H27ClN4O2/c1-3-19(27-22(29)14-7-9-15(24)10-8-14)21-17-12-16(13-18(17)21)26-23(30)28(2)20-6-4-5-11-25-20/h4-11,16-19,21H,3,12-13H2,1-2H3,(H,26,30)(H,27,29). The first-order chi connectivity index (χ1) is 14.5. The molecule has 7 heteroatoms. The zero-order chi connectivity index (χ0) is 21.3. The third-order valence-corrected chi connectivity index (χ3v) is 6.72. The average Bonchev–Trinajstić information content (AvgIpc) is 3.25. The summed E-state index contributed by atoms with van der Waals surface area (Å²) in [6.07, 6.45) is 4.50. The minimum absolute atomic E-state index is 0.0506. The van der Waals surface area contributed by atoms with E-state index < -0.39 is 0 Å². The molecular formula is C23H27ClN4O2. The first kappa shape index (κ1) is 20.7. The lowest BCUT2D eigenvalue weighted by Gasteiger charge is -2.24. The molecule has 1 heterocycles. The number of pyridine rings is 1.